The molecule has 7 heteroatoms. The number of rotatable bonds is 4. The average molecular weight is 280 g/mol. The number of amides is 1. The normalized spacial score (nSPS) is 19.6. The van der Waals surface area contributed by atoms with Gasteiger partial charge in [0.15, 0.2) is 0 Å². The molecule has 110 valence electrons. The Morgan fingerprint density at radius 2 is 2.20 bits per heavy atom. The van der Waals surface area contributed by atoms with Gasteiger partial charge < -0.3 is 10.0 Å². The number of hydrogen-bond donors (Lipinski definition) is 1. The fourth-order valence-corrected chi connectivity index (χ4v) is 2.61. The summed E-state index contributed by atoms with van der Waals surface area (Å²) in [5.41, 5.74) is 0.670. The van der Waals surface area contributed by atoms with Crippen molar-refractivity contribution in [1.29, 1.82) is 0 Å². The van der Waals surface area contributed by atoms with Gasteiger partial charge in [0, 0.05) is 32.8 Å². The molecule has 0 bridgehead atoms. The summed E-state index contributed by atoms with van der Waals surface area (Å²) < 4.78 is 1.58. The van der Waals surface area contributed by atoms with E-state index in [1.165, 1.54) is 0 Å². The van der Waals surface area contributed by atoms with Crippen molar-refractivity contribution in [2.45, 2.75) is 32.1 Å². The number of carbonyl (C=O) groups excluding carboxylic acids is 1. The number of likely N-dealkylation sites (tertiary alicyclic amines) is 1. The summed E-state index contributed by atoms with van der Waals surface area (Å²) in [6.07, 6.45) is 4.70. The maximum absolute atomic E-state index is 12.2. The Morgan fingerprint density at radius 1 is 1.40 bits per heavy atom. The lowest BCUT2D eigenvalue weighted by Gasteiger charge is -2.20. The summed E-state index contributed by atoms with van der Waals surface area (Å²) in [5.74, 6) is -0.530. The molecule has 0 radical (unpaired) electrons. The van der Waals surface area contributed by atoms with Gasteiger partial charge in [-0.2, -0.15) is 0 Å². The highest BCUT2D eigenvalue weighted by Crippen LogP contribution is 2.21. The van der Waals surface area contributed by atoms with Crippen molar-refractivity contribution < 1.29 is 14.7 Å². The Balaban J connectivity index is 1.86. The maximum Gasteiger partial charge on any atom is 0.303 e. The molecule has 1 aromatic rings. The lowest BCUT2D eigenvalue weighted by atomic mass is 9.97. The van der Waals surface area contributed by atoms with Gasteiger partial charge in [0.1, 0.15) is 0 Å². The lowest BCUT2D eigenvalue weighted by Crippen LogP contribution is -2.33. The third-order valence-corrected chi connectivity index (χ3v) is 3.65. The van der Waals surface area contributed by atoms with Crippen LogP contribution in [-0.2, 0) is 23.1 Å². The zero-order valence-corrected chi connectivity index (χ0v) is 11.7. The largest absolute Gasteiger partial charge is 0.481 e. The molecule has 20 heavy (non-hydrogen) atoms. The number of nitrogens with zero attached hydrogens (tertiary/aromatic N) is 4. The smallest absolute Gasteiger partial charge is 0.303 e. The highest BCUT2D eigenvalue weighted by molar-refractivity contribution is 5.78. The van der Waals surface area contributed by atoms with Gasteiger partial charge in [0.05, 0.1) is 12.1 Å². The molecule has 0 saturated carbocycles. The van der Waals surface area contributed by atoms with Crippen molar-refractivity contribution in [3.05, 3.63) is 11.9 Å². The fraction of sp³-hybridized carbons (Fsp3) is 0.692. The van der Waals surface area contributed by atoms with Crippen LogP contribution in [0.3, 0.4) is 0 Å². The first kappa shape index (κ1) is 14.5. The minimum Gasteiger partial charge on any atom is -0.481 e. The van der Waals surface area contributed by atoms with Crippen molar-refractivity contribution in [3.63, 3.8) is 0 Å². The van der Waals surface area contributed by atoms with Crippen molar-refractivity contribution >= 4 is 11.9 Å². The Morgan fingerprint density at radius 3 is 2.85 bits per heavy atom. The topological polar surface area (TPSA) is 88.3 Å². The van der Waals surface area contributed by atoms with Gasteiger partial charge in [-0.3, -0.25) is 14.3 Å². The molecule has 0 spiro atoms. The Bertz CT molecular complexity index is 486. The third-order valence-electron chi connectivity index (χ3n) is 3.65. The van der Waals surface area contributed by atoms with E-state index in [1.54, 1.807) is 17.9 Å². The Hall–Kier alpha value is -1.92. The number of aromatic nitrogens is 3. The van der Waals surface area contributed by atoms with Crippen molar-refractivity contribution in [3.8, 4) is 0 Å². The highest BCUT2D eigenvalue weighted by Gasteiger charge is 2.22. The van der Waals surface area contributed by atoms with Crippen LogP contribution in [0, 0.1) is 5.92 Å². The van der Waals surface area contributed by atoms with E-state index >= 15 is 0 Å². The van der Waals surface area contributed by atoms with Gasteiger partial charge in [0.25, 0.3) is 0 Å². The van der Waals surface area contributed by atoms with Crippen molar-refractivity contribution in [1.82, 2.24) is 19.9 Å². The zero-order valence-electron chi connectivity index (χ0n) is 11.7. The van der Waals surface area contributed by atoms with Crippen LogP contribution < -0.4 is 0 Å². The van der Waals surface area contributed by atoms with Gasteiger partial charge in [-0.05, 0) is 25.2 Å². The van der Waals surface area contributed by atoms with Gasteiger partial charge >= 0.3 is 5.97 Å². The summed E-state index contributed by atoms with van der Waals surface area (Å²) in [6.45, 7) is 1.34. The molecule has 1 N–H and O–H groups in total. The van der Waals surface area contributed by atoms with Crippen LogP contribution in [0.1, 0.15) is 31.4 Å². The van der Waals surface area contributed by atoms with E-state index in [-0.39, 0.29) is 24.7 Å². The molecule has 1 unspecified atom stereocenters. The minimum absolute atomic E-state index is 0.0430. The number of hydrogen-bond acceptors (Lipinski definition) is 4. The van der Waals surface area contributed by atoms with Crippen LogP contribution in [0.15, 0.2) is 6.20 Å². The van der Waals surface area contributed by atoms with Gasteiger partial charge in [-0.15, -0.1) is 5.10 Å². The number of aliphatic carboxylic acids is 1. The molecule has 1 fully saturated rings. The second kappa shape index (κ2) is 6.49. The van der Waals surface area contributed by atoms with Crippen LogP contribution in [0.5, 0.6) is 0 Å². The first-order chi connectivity index (χ1) is 9.54. The predicted molar refractivity (Wildman–Crippen MR) is 70.9 cm³/mol. The number of aryl methyl sites for hydroxylation is 1. The molecule has 0 aromatic carbocycles. The van der Waals surface area contributed by atoms with Crippen LogP contribution in [0.4, 0.5) is 0 Å². The molecule has 1 aliphatic rings. The van der Waals surface area contributed by atoms with Crippen LogP contribution in [0.25, 0.3) is 0 Å². The molecule has 0 aliphatic carbocycles. The number of carbonyl (C=O) groups is 2. The number of carboxylic acids is 1. The maximum atomic E-state index is 12.2. The van der Waals surface area contributed by atoms with E-state index in [9.17, 15) is 9.59 Å². The summed E-state index contributed by atoms with van der Waals surface area (Å²) in [7, 11) is 1.77. The molecular weight excluding hydrogens is 260 g/mol. The second-order valence-electron chi connectivity index (χ2n) is 5.34. The molecule has 1 aliphatic heterocycles. The number of carboxylic acid groups (broad SMARTS) is 1. The second-order valence-corrected chi connectivity index (χ2v) is 5.34. The van der Waals surface area contributed by atoms with Crippen LogP contribution in [-0.4, -0.2) is 50.0 Å². The van der Waals surface area contributed by atoms with Crippen molar-refractivity contribution in [2.24, 2.45) is 13.0 Å². The molecule has 1 saturated heterocycles. The molecule has 1 aromatic heterocycles. The summed E-state index contributed by atoms with van der Waals surface area (Å²) in [6, 6.07) is 0. The zero-order chi connectivity index (χ0) is 14.5. The highest BCUT2D eigenvalue weighted by atomic mass is 16.4. The van der Waals surface area contributed by atoms with Gasteiger partial charge in [0.2, 0.25) is 5.91 Å². The van der Waals surface area contributed by atoms with E-state index in [0.717, 1.165) is 19.3 Å². The lowest BCUT2D eigenvalue weighted by molar-refractivity contribution is -0.138. The van der Waals surface area contributed by atoms with Gasteiger partial charge in [-0.25, -0.2) is 0 Å². The fourth-order valence-electron chi connectivity index (χ4n) is 2.61. The Labute approximate surface area is 117 Å². The SMILES string of the molecule is Cn1cc(CC(=O)N2CCCC(CC(=O)O)CC2)nn1. The molecule has 1 atom stereocenters. The summed E-state index contributed by atoms with van der Waals surface area (Å²) in [4.78, 5) is 24.7. The van der Waals surface area contributed by atoms with E-state index < -0.39 is 5.97 Å². The summed E-state index contributed by atoms with van der Waals surface area (Å²) in [5, 5.41) is 16.6. The first-order valence-electron chi connectivity index (χ1n) is 6.89. The standard InChI is InChI=1S/C13H20N4O3/c1-16-9-11(14-15-16)8-12(18)17-5-2-3-10(4-6-17)7-13(19)20/h9-10H,2-8H2,1H3,(H,19,20). The molecule has 7 nitrogen and oxygen atoms in total. The van der Waals surface area contributed by atoms with Gasteiger partial charge in [-0.1, -0.05) is 5.21 Å². The predicted octanol–water partition coefficient (Wildman–Crippen LogP) is 0.461. The summed E-state index contributed by atoms with van der Waals surface area (Å²) >= 11 is 0. The average Bonchev–Trinajstić information content (AvgIpc) is 2.64. The Kier molecular flexibility index (Phi) is 4.70. The molecule has 2 rings (SSSR count). The van der Waals surface area contributed by atoms with E-state index in [1.807, 2.05) is 4.90 Å². The molecular formula is C13H20N4O3. The molecule has 1 amide bonds. The monoisotopic (exact) mass is 280 g/mol. The molecule has 2 heterocycles. The van der Waals surface area contributed by atoms with Crippen molar-refractivity contribution in [2.75, 3.05) is 13.1 Å². The third kappa shape index (κ3) is 4.04. The van der Waals surface area contributed by atoms with E-state index in [0.29, 0.717) is 18.8 Å². The quantitative estimate of drug-likeness (QED) is 0.865. The van der Waals surface area contributed by atoms with Crippen LogP contribution >= 0.6 is 0 Å². The first-order valence-corrected chi connectivity index (χ1v) is 6.89. The van der Waals surface area contributed by atoms with E-state index in [2.05, 4.69) is 10.3 Å². The van der Waals surface area contributed by atoms with Crippen LogP contribution in [0.2, 0.25) is 0 Å². The minimum atomic E-state index is -0.755. The van der Waals surface area contributed by atoms with E-state index in [4.69, 9.17) is 5.11 Å².